The molecular weight excluding hydrogens is 320 g/mol. The zero-order valence-corrected chi connectivity index (χ0v) is 16.3. The number of hydrogen-bond acceptors (Lipinski definition) is 3. The van der Waals surface area contributed by atoms with Gasteiger partial charge < -0.3 is 4.74 Å². The molecule has 0 aliphatic carbocycles. The zero-order valence-electron chi connectivity index (χ0n) is 16.3. The van der Waals surface area contributed by atoms with Crippen molar-refractivity contribution in [3.63, 3.8) is 0 Å². The molecule has 0 unspecified atom stereocenters. The highest BCUT2D eigenvalue weighted by atomic mass is 16.5. The predicted molar refractivity (Wildman–Crippen MR) is 107 cm³/mol. The fraction of sp³-hybridized carbons (Fsp3) is 0.522. The van der Waals surface area contributed by atoms with E-state index in [2.05, 4.69) is 54.1 Å². The number of aryl methyl sites for hydroxylation is 2. The number of hydrogen-bond donors (Lipinski definition) is 0. The van der Waals surface area contributed by atoms with Crippen molar-refractivity contribution in [3.05, 3.63) is 65.5 Å². The summed E-state index contributed by atoms with van der Waals surface area (Å²) < 4.78 is 5.71. The topological polar surface area (TPSA) is 25.4 Å². The van der Waals surface area contributed by atoms with Gasteiger partial charge in [0, 0.05) is 38.7 Å². The molecule has 0 spiro atoms. The molecule has 1 atom stereocenters. The van der Waals surface area contributed by atoms with Gasteiger partial charge in [0.1, 0.15) is 0 Å². The van der Waals surface area contributed by atoms with Gasteiger partial charge in [-0.3, -0.25) is 9.88 Å². The smallest absolute Gasteiger partial charge is 0.0471 e. The van der Waals surface area contributed by atoms with Crippen LogP contribution in [0.5, 0.6) is 0 Å². The van der Waals surface area contributed by atoms with Crippen LogP contribution in [0, 0.1) is 12.3 Å². The molecule has 0 amide bonds. The summed E-state index contributed by atoms with van der Waals surface area (Å²) in [5.74, 6) is 0. The molecule has 0 radical (unpaired) electrons. The van der Waals surface area contributed by atoms with Gasteiger partial charge in [0.05, 0.1) is 0 Å². The van der Waals surface area contributed by atoms with E-state index in [4.69, 9.17) is 4.74 Å². The van der Waals surface area contributed by atoms with E-state index < -0.39 is 0 Å². The molecule has 1 aromatic heterocycles. The van der Waals surface area contributed by atoms with Crippen LogP contribution in [0.25, 0.3) is 0 Å². The highest BCUT2D eigenvalue weighted by Crippen LogP contribution is 2.39. The lowest BCUT2D eigenvalue weighted by Crippen LogP contribution is -2.29. The van der Waals surface area contributed by atoms with Crippen LogP contribution in [0.2, 0.25) is 0 Å². The van der Waals surface area contributed by atoms with Gasteiger partial charge >= 0.3 is 0 Å². The van der Waals surface area contributed by atoms with Gasteiger partial charge in [0.25, 0.3) is 0 Å². The Morgan fingerprint density at radius 1 is 1.12 bits per heavy atom. The van der Waals surface area contributed by atoms with Crippen LogP contribution in [-0.2, 0) is 17.7 Å². The lowest BCUT2D eigenvalue weighted by atomic mass is 9.78. The van der Waals surface area contributed by atoms with Crippen LogP contribution in [0.1, 0.15) is 42.9 Å². The fourth-order valence-corrected chi connectivity index (χ4v) is 4.04. The molecule has 1 fully saturated rings. The summed E-state index contributed by atoms with van der Waals surface area (Å²) in [4.78, 5) is 6.86. The summed E-state index contributed by atoms with van der Waals surface area (Å²) in [5, 5.41) is 0. The Morgan fingerprint density at radius 2 is 1.96 bits per heavy atom. The molecule has 2 aromatic rings. The minimum atomic E-state index is 0.377. The Balaban J connectivity index is 1.61. The highest BCUT2D eigenvalue weighted by Gasteiger charge is 2.37. The van der Waals surface area contributed by atoms with E-state index in [1.807, 2.05) is 18.5 Å². The summed E-state index contributed by atoms with van der Waals surface area (Å²) >= 11 is 0. The van der Waals surface area contributed by atoms with Crippen molar-refractivity contribution in [2.45, 2.75) is 46.1 Å². The summed E-state index contributed by atoms with van der Waals surface area (Å²) in [7, 11) is 0. The molecule has 0 saturated carbocycles. The monoisotopic (exact) mass is 352 g/mol. The van der Waals surface area contributed by atoms with Crippen LogP contribution in [-0.4, -0.2) is 36.2 Å². The SMILES string of the molecule is CCOCC[C@]1(CCc2ccc(C)cc2)CCN(Cc2cccnc2)C1. The molecule has 3 heteroatoms. The van der Waals surface area contributed by atoms with E-state index in [0.29, 0.717) is 5.41 Å². The molecule has 3 rings (SSSR count). The van der Waals surface area contributed by atoms with Crippen LogP contribution >= 0.6 is 0 Å². The first-order chi connectivity index (χ1) is 12.7. The van der Waals surface area contributed by atoms with Crippen LogP contribution in [0.15, 0.2) is 48.8 Å². The summed E-state index contributed by atoms with van der Waals surface area (Å²) in [6.45, 7) is 9.28. The first-order valence-electron chi connectivity index (χ1n) is 9.94. The van der Waals surface area contributed by atoms with Gasteiger partial charge in [-0.15, -0.1) is 0 Å². The summed E-state index contributed by atoms with van der Waals surface area (Å²) in [6.07, 6.45) is 8.68. The first kappa shape index (κ1) is 19.1. The molecule has 1 aliphatic heterocycles. The van der Waals surface area contributed by atoms with Gasteiger partial charge in [0.2, 0.25) is 0 Å². The van der Waals surface area contributed by atoms with E-state index in [1.165, 1.54) is 42.6 Å². The number of nitrogens with zero attached hydrogens (tertiary/aromatic N) is 2. The Hall–Kier alpha value is -1.71. The van der Waals surface area contributed by atoms with E-state index in [-0.39, 0.29) is 0 Å². The maximum atomic E-state index is 5.71. The lowest BCUT2D eigenvalue weighted by Gasteiger charge is -2.30. The first-order valence-corrected chi connectivity index (χ1v) is 9.94. The van der Waals surface area contributed by atoms with Crippen LogP contribution in [0.3, 0.4) is 0 Å². The van der Waals surface area contributed by atoms with Gasteiger partial charge in [0.15, 0.2) is 0 Å². The highest BCUT2D eigenvalue weighted by molar-refractivity contribution is 5.21. The number of pyridine rings is 1. The third-order valence-corrected chi connectivity index (χ3v) is 5.69. The second-order valence-electron chi connectivity index (χ2n) is 7.75. The number of likely N-dealkylation sites (tertiary alicyclic amines) is 1. The lowest BCUT2D eigenvalue weighted by molar-refractivity contribution is 0.0988. The van der Waals surface area contributed by atoms with Crippen molar-refractivity contribution in [1.29, 1.82) is 0 Å². The summed E-state index contributed by atoms with van der Waals surface area (Å²) in [5.41, 5.74) is 4.48. The van der Waals surface area contributed by atoms with Crippen molar-refractivity contribution in [2.24, 2.45) is 5.41 Å². The molecule has 140 valence electrons. The van der Waals surface area contributed by atoms with Gasteiger partial charge in [-0.2, -0.15) is 0 Å². The third kappa shape index (κ3) is 5.39. The molecule has 0 N–H and O–H groups in total. The third-order valence-electron chi connectivity index (χ3n) is 5.69. The van der Waals surface area contributed by atoms with Gasteiger partial charge in [-0.05, 0) is 68.7 Å². The van der Waals surface area contributed by atoms with Gasteiger partial charge in [-0.25, -0.2) is 0 Å². The second kappa shape index (κ2) is 9.29. The standard InChI is InChI=1S/C23H32N2O/c1-3-26-16-13-23(11-10-21-8-6-20(2)7-9-21)12-15-25(19-23)18-22-5-4-14-24-17-22/h4-9,14,17H,3,10-13,15-16,18-19H2,1-2H3/t23-/m0/s1. The number of aromatic nitrogens is 1. The predicted octanol–water partition coefficient (Wildman–Crippen LogP) is 4.64. The maximum absolute atomic E-state index is 5.71. The van der Waals surface area contributed by atoms with Crippen molar-refractivity contribution < 1.29 is 4.74 Å². The quantitative estimate of drug-likeness (QED) is 0.615. The van der Waals surface area contributed by atoms with Crippen molar-refractivity contribution in [1.82, 2.24) is 9.88 Å². The molecule has 26 heavy (non-hydrogen) atoms. The zero-order chi connectivity index (χ0) is 18.2. The molecular formula is C23H32N2O. The Kier molecular flexibility index (Phi) is 6.81. The molecule has 2 heterocycles. The Labute approximate surface area is 158 Å². The Bertz CT molecular complexity index is 656. The van der Waals surface area contributed by atoms with Crippen LogP contribution < -0.4 is 0 Å². The average molecular weight is 353 g/mol. The molecule has 1 aromatic carbocycles. The van der Waals surface area contributed by atoms with Crippen LogP contribution in [0.4, 0.5) is 0 Å². The number of rotatable bonds is 9. The van der Waals surface area contributed by atoms with E-state index >= 15 is 0 Å². The summed E-state index contributed by atoms with van der Waals surface area (Å²) in [6, 6.07) is 13.2. The minimum Gasteiger partial charge on any atom is -0.382 e. The van der Waals surface area contributed by atoms with Crippen molar-refractivity contribution in [2.75, 3.05) is 26.3 Å². The number of benzene rings is 1. The van der Waals surface area contributed by atoms with E-state index in [0.717, 1.165) is 32.6 Å². The van der Waals surface area contributed by atoms with Gasteiger partial charge in [-0.1, -0.05) is 35.9 Å². The second-order valence-corrected chi connectivity index (χ2v) is 7.75. The molecule has 1 aliphatic rings. The molecule has 3 nitrogen and oxygen atoms in total. The van der Waals surface area contributed by atoms with E-state index in [9.17, 15) is 0 Å². The average Bonchev–Trinajstić information content (AvgIpc) is 3.05. The fourth-order valence-electron chi connectivity index (χ4n) is 4.04. The largest absolute Gasteiger partial charge is 0.382 e. The van der Waals surface area contributed by atoms with E-state index in [1.54, 1.807) is 0 Å². The minimum absolute atomic E-state index is 0.377. The van der Waals surface area contributed by atoms with Crippen molar-refractivity contribution in [3.8, 4) is 0 Å². The maximum Gasteiger partial charge on any atom is 0.0471 e. The molecule has 1 saturated heterocycles. The number of ether oxygens (including phenoxy) is 1. The van der Waals surface area contributed by atoms with Crippen molar-refractivity contribution >= 4 is 0 Å². The molecule has 0 bridgehead atoms. The normalized spacial score (nSPS) is 20.5. The Morgan fingerprint density at radius 3 is 2.69 bits per heavy atom.